The summed E-state index contributed by atoms with van der Waals surface area (Å²) >= 11 is 0. The van der Waals surface area contributed by atoms with Gasteiger partial charge in [0.05, 0.1) is 6.61 Å². The predicted octanol–water partition coefficient (Wildman–Crippen LogP) is 0.425. The van der Waals surface area contributed by atoms with E-state index in [4.69, 9.17) is 10.5 Å². The molecule has 0 saturated heterocycles. The van der Waals surface area contributed by atoms with Crippen LogP contribution in [-0.4, -0.2) is 39.3 Å². The highest BCUT2D eigenvalue weighted by molar-refractivity contribution is 5.34. The second-order valence-corrected chi connectivity index (χ2v) is 4.36. The number of hydrogen-bond donors (Lipinski definition) is 3. The summed E-state index contributed by atoms with van der Waals surface area (Å²) < 4.78 is 5.21. The van der Waals surface area contributed by atoms with Gasteiger partial charge in [-0.15, -0.1) is 0 Å². The molecule has 2 rings (SSSR count). The quantitative estimate of drug-likeness (QED) is 0.698. The van der Waals surface area contributed by atoms with Crippen LogP contribution in [0.25, 0.3) is 0 Å². The van der Waals surface area contributed by atoms with Gasteiger partial charge in [0.2, 0.25) is 11.9 Å². The number of aromatic nitrogens is 3. The maximum Gasteiger partial charge on any atom is 0.323 e. The first kappa shape index (κ1) is 12.8. The first-order valence-corrected chi connectivity index (χ1v) is 6.24. The first-order chi connectivity index (χ1) is 8.72. The Balaban J connectivity index is 2.08. The van der Waals surface area contributed by atoms with Crippen LogP contribution in [-0.2, 0) is 0 Å². The maximum atomic E-state index is 9.27. The Morgan fingerprint density at radius 1 is 1.39 bits per heavy atom. The summed E-state index contributed by atoms with van der Waals surface area (Å²) in [6, 6.07) is 0.414. The number of aliphatic hydroxyl groups excluding tert-OH is 1. The monoisotopic (exact) mass is 253 g/mol. The molecule has 0 aromatic carbocycles. The summed E-state index contributed by atoms with van der Waals surface area (Å²) in [5.74, 6) is 0.796. The van der Waals surface area contributed by atoms with Crippen LogP contribution in [0.1, 0.15) is 26.2 Å². The standard InChI is InChI=1S/C11H19N5O2/c1-2-18-11-15-9(12)14-10(16-11)13-8-5-3-4-7(8)6-17/h7-8,17H,2-6H2,1H3,(H3,12,13,14,15,16). The molecule has 1 heterocycles. The number of nitrogen functional groups attached to an aromatic ring is 1. The average molecular weight is 253 g/mol. The van der Waals surface area contributed by atoms with Crippen LogP contribution in [0.3, 0.4) is 0 Å². The maximum absolute atomic E-state index is 9.27. The summed E-state index contributed by atoms with van der Waals surface area (Å²) in [4.78, 5) is 12.1. The third-order valence-electron chi connectivity index (χ3n) is 3.11. The molecule has 1 aliphatic carbocycles. The van der Waals surface area contributed by atoms with Crippen LogP contribution in [0.4, 0.5) is 11.9 Å². The molecule has 7 nitrogen and oxygen atoms in total. The van der Waals surface area contributed by atoms with Crippen molar-refractivity contribution < 1.29 is 9.84 Å². The molecule has 0 bridgehead atoms. The van der Waals surface area contributed by atoms with Gasteiger partial charge in [-0.3, -0.25) is 0 Å². The van der Waals surface area contributed by atoms with E-state index >= 15 is 0 Å². The van der Waals surface area contributed by atoms with E-state index in [2.05, 4.69) is 20.3 Å². The lowest BCUT2D eigenvalue weighted by atomic mass is 10.1. The molecule has 2 atom stereocenters. The minimum absolute atomic E-state index is 0.134. The largest absolute Gasteiger partial charge is 0.464 e. The van der Waals surface area contributed by atoms with Crippen molar-refractivity contribution in [1.82, 2.24) is 15.0 Å². The Morgan fingerprint density at radius 2 is 2.22 bits per heavy atom. The highest BCUT2D eigenvalue weighted by Gasteiger charge is 2.27. The van der Waals surface area contributed by atoms with Gasteiger partial charge in [-0.25, -0.2) is 0 Å². The van der Waals surface area contributed by atoms with Crippen molar-refractivity contribution in [3.05, 3.63) is 0 Å². The Bertz CT molecular complexity index is 401. The van der Waals surface area contributed by atoms with Crippen LogP contribution in [0.5, 0.6) is 6.01 Å². The second kappa shape index (κ2) is 5.81. The molecule has 1 aromatic rings. The molecule has 4 N–H and O–H groups in total. The van der Waals surface area contributed by atoms with Gasteiger partial charge in [-0.05, 0) is 19.8 Å². The lowest BCUT2D eigenvalue weighted by Gasteiger charge is -2.19. The molecular formula is C11H19N5O2. The van der Waals surface area contributed by atoms with Crippen LogP contribution in [0.15, 0.2) is 0 Å². The fourth-order valence-corrected chi connectivity index (χ4v) is 2.24. The molecule has 0 radical (unpaired) electrons. The van der Waals surface area contributed by atoms with Crippen molar-refractivity contribution in [2.45, 2.75) is 32.2 Å². The van der Waals surface area contributed by atoms with Crippen molar-refractivity contribution >= 4 is 11.9 Å². The van der Waals surface area contributed by atoms with Crippen LogP contribution < -0.4 is 15.8 Å². The summed E-state index contributed by atoms with van der Waals surface area (Å²) in [7, 11) is 0. The number of anilines is 2. The zero-order valence-electron chi connectivity index (χ0n) is 10.5. The van der Waals surface area contributed by atoms with Crippen LogP contribution >= 0.6 is 0 Å². The summed E-state index contributed by atoms with van der Waals surface area (Å²) in [5, 5.41) is 12.5. The van der Waals surface area contributed by atoms with E-state index in [1.807, 2.05) is 6.92 Å². The normalized spacial score (nSPS) is 23.0. The number of nitrogens with two attached hydrogens (primary N) is 1. The lowest BCUT2D eigenvalue weighted by molar-refractivity contribution is 0.222. The molecule has 2 unspecified atom stereocenters. The predicted molar refractivity (Wildman–Crippen MR) is 67.2 cm³/mol. The van der Waals surface area contributed by atoms with Crippen molar-refractivity contribution in [3.63, 3.8) is 0 Å². The van der Waals surface area contributed by atoms with E-state index in [1.54, 1.807) is 0 Å². The van der Waals surface area contributed by atoms with Crippen molar-refractivity contribution in [2.24, 2.45) is 5.92 Å². The average Bonchev–Trinajstić information content (AvgIpc) is 2.76. The fourth-order valence-electron chi connectivity index (χ4n) is 2.24. The van der Waals surface area contributed by atoms with Gasteiger partial charge in [0, 0.05) is 18.6 Å². The second-order valence-electron chi connectivity index (χ2n) is 4.36. The number of nitrogens with zero attached hydrogens (tertiary/aromatic N) is 3. The minimum Gasteiger partial charge on any atom is -0.464 e. The van der Waals surface area contributed by atoms with Gasteiger partial charge in [-0.1, -0.05) is 6.42 Å². The Morgan fingerprint density at radius 3 is 2.94 bits per heavy atom. The zero-order chi connectivity index (χ0) is 13.0. The van der Waals surface area contributed by atoms with E-state index in [-0.39, 0.29) is 30.5 Å². The van der Waals surface area contributed by atoms with E-state index in [0.717, 1.165) is 19.3 Å². The van der Waals surface area contributed by atoms with E-state index < -0.39 is 0 Å². The van der Waals surface area contributed by atoms with Crippen molar-refractivity contribution in [2.75, 3.05) is 24.3 Å². The summed E-state index contributed by atoms with van der Waals surface area (Å²) in [6.45, 7) is 2.51. The third-order valence-corrected chi connectivity index (χ3v) is 3.11. The molecule has 1 saturated carbocycles. The zero-order valence-corrected chi connectivity index (χ0v) is 10.5. The van der Waals surface area contributed by atoms with Gasteiger partial charge in [0.25, 0.3) is 0 Å². The molecule has 100 valence electrons. The summed E-state index contributed by atoms with van der Waals surface area (Å²) in [6.07, 6.45) is 3.12. The molecule has 1 aromatic heterocycles. The van der Waals surface area contributed by atoms with Gasteiger partial charge in [0.1, 0.15) is 0 Å². The van der Waals surface area contributed by atoms with Gasteiger partial charge < -0.3 is 20.9 Å². The minimum atomic E-state index is 0.134. The van der Waals surface area contributed by atoms with Crippen molar-refractivity contribution in [1.29, 1.82) is 0 Å². The first-order valence-electron chi connectivity index (χ1n) is 6.24. The highest BCUT2D eigenvalue weighted by Crippen LogP contribution is 2.27. The lowest BCUT2D eigenvalue weighted by Crippen LogP contribution is -2.27. The van der Waals surface area contributed by atoms with E-state index in [0.29, 0.717) is 12.6 Å². The molecule has 0 amide bonds. The Hall–Kier alpha value is -1.63. The van der Waals surface area contributed by atoms with E-state index in [1.165, 1.54) is 0 Å². The van der Waals surface area contributed by atoms with Crippen molar-refractivity contribution in [3.8, 4) is 6.01 Å². The van der Waals surface area contributed by atoms with Gasteiger partial charge in [0.15, 0.2) is 0 Å². The number of ether oxygens (including phenoxy) is 1. The van der Waals surface area contributed by atoms with Gasteiger partial charge >= 0.3 is 6.01 Å². The van der Waals surface area contributed by atoms with E-state index in [9.17, 15) is 5.11 Å². The Kier molecular flexibility index (Phi) is 4.14. The molecular weight excluding hydrogens is 234 g/mol. The molecule has 7 heteroatoms. The number of aliphatic hydroxyl groups is 1. The fraction of sp³-hybridized carbons (Fsp3) is 0.727. The molecule has 1 fully saturated rings. The number of nitrogens with one attached hydrogen (secondary N) is 1. The number of hydrogen-bond acceptors (Lipinski definition) is 7. The van der Waals surface area contributed by atoms with Gasteiger partial charge in [-0.2, -0.15) is 15.0 Å². The molecule has 18 heavy (non-hydrogen) atoms. The smallest absolute Gasteiger partial charge is 0.323 e. The SMILES string of the molecule is CCOc1nc(N)nc(NC2CCCC2CO)n1. The van der Waals surface area contributed by atoms with Crippen LogP contribution in [0.2, 0.25) is 0 Å². The van der Waals surface area contributed by atoms with Crippen LogP contribution in [0, 0.1) is 5.92 Å². The number of rotatable bonds is 5. The Labute approximate surface area is 106 Å². The summed E-state index contributed by atoms with van der Waals surface area (Å²) in [5.41, 5.74) is 5.60. The topological polar surface area (TPSA) is 106 Å². The third kappa shape index (κ3) is 2.98. The molecule has 0 aliphatic heterocycles. The molecule has 0 spiro atoms. The molecule has 1 aliphatic rings. The highest BCUT2D eigenvalue weighted by atomic mass is 16.5.